The third kappa shape index (κ3) is 9.50. The van der Waals surface area contributed by atoms with Gasteiger partial charge >= 0.3 is 0 Å². The number of aryl methyl sites for hydroxylation is 1. The minimum Gasteiger partial charge on any atom is -0.356 e. The maximum absolute atomic E-state index is 13.4. The van der Waals surface area contributed by atoms with E-state index in [0.717, 1.165) is 30.5 Å². The highest BCUT2D eigenvalue weighted by Crippen LogP contribution is 2.27. The average molecular weight is 535 g/mol. The number of benzene rings is 2. The van der Waals surface area contributed by atoms with Gasteiger partial charge in [-0.3, -0.25) is 14.4 Å². The summed E-state index contributed by atoms with van der Waals surface area (Å²) in [5, 5.41) is 6.17. The Labute approximate surface area is 233 Å². The lowest BCUT2D eigenvalue weighted by atomic mass is 9.91. The van der Waals surface area contributed by atoms with E-state index in [1.54, 1.807) is 24.3 Å². The van der Waals surface area contributed by atoms with Crippen LogP contribution in [0.4, 0.5) is 0 Å². The zero-order valence-electron chi connectivity index (χ0n) is 24.0. The van der Waals surface area contributed by atoms with E-state index in [4.69, 9.17) is 5.73 Å². The maximum Gasteiger partial charge on any atom is 0.253 e. The molecule has 1 aliphatic rings. The number of nitrogens with one attached hydrogen (secondary N) is 2. The van der Waals surface area contributed by atoms with Gasteiger partial charge in [-0.15, -0.1) is 0 Å². The van der Waals surface area contributed by atoms with Gasteiger partial charge in [-0.1, -0.05) is 56.7 Å². The minimum atomic E-state index is -0.425. The molecule has 0 saturated heterocycles. The van der Waals surface area contributed by atoms with E-state index in [1.165, 1.54) is 12.8 Å². The molecular weight excluding hydrogens is 488 g/mol. The Kier molecular flexibility index (Phi) is 11.5. The highest BCUT2D eigenvalue weighted by molar-refractivity contribution is 5.99. The minimum absolute atomic E-state index is 0.00732. The van der Waals surface area contributed by atoms with Gasteiger partial charge in [-0.2, -0.15) is 0 Å². The number of nitrogens with two attached hydrogens (primary N) is 1. The van der Waals surface area contributed by atoms with E-state index in [0.29, 0.717) is 43.0 Å². The van der Waals surface area contributed by atoms with E-state index in [1.807, 2.05) is 36.9 Å². The van der Waals surface area contributed by atoms with Gasteiger partial charge in [0.2, 0.25) is 5.91 Å². The van der Waals surface area contributed by atoms with Crippen molar-refractivity contribution < 1.29 is 14.4 Å². The zero-order chi connectivity index (χ0) is 28.4. The molecule has 0 aromatic heterocycles. The predicted octanol–water partition coefficient (Wildman–Crippen LogP) is 4.48. The molecule has 0 aliphatic heterocycles. The van der Waals surface area contributed by atoms with Gasteiger partial charge in [0.15, 0.2) is 0 Å². The molecule has 2 aromatic rings. The summed E-state index contributed by atoms with van der Waals surface area (Å²) < 4.78 is 0. The summed E-state index contributed by atoms with van der Waals surface area (Å²) in [6.45, 7) is 10.1. The van der Waals surface area contributed by atoms with E-state index in [2.05, 4.69) is 30.5 Å². The van der Waals surface area contributed by atoms with Crippen LogP contribution in [-0.4, -0.2) is 54.3 Å². The van der Waals surface area contributed by atoms with Crippen molar-refractivity contribution in [3.05, 3.63) is 70.8 Å². The van der Waals surface area contributed by atoms with Crippen molar-refractivity contribution in [3.63, 3.8) is 0 Å². The molecule has 212 valence electrons. The molecule has 1 aliphatic carbocycles. The van der Waals surface area contributed by atoms with Gasteiger partial charge in [-0.25, -0.2) is 0 Å². The summed E-state index contributed by atoms with van der Waals surface area (Å²) in [6, 6.07) is 14.2. The second kappa shape index (κ2) is 14.8. The maximum atomic E-state index is 13.4. The van der Waals surface area contributed by atoms with Crippen LogP contribution in [0.15, 0.2) is 48.5 Å². The smallest absolute Gasteiger partial charge is 0.253 e. The molecule has 0 radical (unpaired) electrons. The molecule has 1 saturated carbocycles. The van der Waals surface area contributed by atoms with Gasteiger partial charge in [0, 0.05) is 48.8 Å². The van der Waals surface area contributed by atoms with E-state index < -0.39 is 6.04 Å². The first-order valence-corrected chi connectivity index (χ1v) is 14.5. The van der Waals surface area contributed by atoms with Crippen molar-refractivity contribution in [1.29, 1.82) is 0 Å². The van der Waals surface area contributed by atoms with Crippen LogP contribution in [0.3, 0.4) is 0 Å². The number of carbonyl (C=O) groups excluding carboxylic acids is 3. The molecule has 1 fully saturated rings. The fraction of sp³-hybridized carbons (Fsp3) is 0.531. The molecule has 2 aromatic carbocycles. The summed E-state index contributed by atoms with van der Waals surface area (Å²) in [7, 11) is 0. The van der Waals surface area contributed by atoms with Crippen LogP contribution in [0.5, 0.6) is 0 Å². The Morgan fingerprint density at radius 3 is 2.31 bits per heavy atom. The molecule has 4 N–H and O–H groups in total. The molecule has 39 heavy (non-hydrogen) atoms. The standard InChI is InChI=1S/C32H46N4O3/c1-5-15-36(16-6-2)32(39)27-12-8-11-26(20-27)31(38)35-29(19-25-10-7-9-22(3)17-25)28(33)18-23(4)30(37)34-21-24-13-14-24/h7-12,17,20,23-24,28-29H,5-6,13-16,18-19,21,33H2,1-4H3,(H,34,37)(H,35,38)/t23-,28+,29+/m1/s1. The quantitative estimate of drug-likeness (QED) is 0.313. The Morgan fingerprint density at radius 1 is 1.00 bits per heavy atom. The Morgan fingerprint density at radius 2 is 1.67 bits per heavy atom. The Hall–Kier alpha value is -3.19. The summed E-state index contributed by atoms with van der Waals surface area (Å²) in [6.07, 6.45) is 5.11. The monoisotopic (exact) mass is 534 g/mol. The van der Waals surface area contributed by atoms with Crippen LogP contribution in [0, 0.1) is 18.8 Å². The zero-order valence-corrected chi connectivity index (χ0v) is 24.0. The van der Waals surface area contributed by atoms with Gasteiger partial charge in [0.25, 0.3) is 11.8 Å². The van der Waals surface area contributed by atoms with Crippen LogP contribution in [0.2, 0.25) is 0 Å². The third-order valence-corrected chi connectivity index (χ3v) is 7.35. The first-order valence-electron chi connectivity index (χ1n) is 14.5. The molecule has 3 amide bonds. The second-order valence-electron chi connectivity index (χ2n) is 11.1. The van der Waals surface area contributed by atoms with Gasteiger partial charge < -0.3 is 21.3 Å². The number of hydrogen-bond donors (Lipinski definition) is 3. The van der Waals surface area contributed by atoms with E-state index in [9.17, 15) is 14.4 Å². The molecule has 7 nitrogen and oxygen atoms in total. The van der Waals surface area contributed by atoms with E-state index in [-0.39, 0.29) is 29.7 Å². The fourth-order valence-corrected chi connectivity index (χ4v) is 4.91. The Bertz CT molecular complexity index is 1110. The van der Waals surface area contributed by atoms with Crippen molar-refractivity contribution in [2.24, 2.45) is 17.6 Å². The fourth-order valence-electron chi connectivity index (χ4n) is 4.91. The van der Waals surface area contributed by atoms with Crippen LogP contribution >= 0.6 is 0 Å². The van der Waals surface area contributed by atoms with Crippen molar-refractivity contribution in [2.75, 3.05) is 19.6 Å². The van der Waals surface area contributed by atoms with Gasteiger partial charge in [0.05, 0.1) is 0 Å². The summed E-state index contributed by atoms with van der Waals surface area (Å²) in [4.78, 5) is 41.0. The highest BCUT2D eigenvalue weighted by atomic mass is 16.2. The molecule has 0 bridgehead atoms. The van der Waals surface area contributed by atoms with E-state index >= 15 is 0 Å². The molecule has 0 unspecified atom stereocenters. The van der Waals surface area contributed by atoms with Crippen molar-refractivity contribution in [1.82, 2.24) is 15.5 Å². The molecule has 0 heterocycles. The molecule has 0 spiro atoms. The van der Waals surface area contributed by atoms with Crippen molar-refractivity contribution in [3.8, 4) is 0 Å². The summed E-state index contributed by atoms with van der Waals surface area (Å²) in [5.41, 5.74) is 9.80. The summed E-state index contributed by atoms with van der Waals surface area (Å²) in [5.74, 6) is 0.0167. The average Bonchev–Trinajstić information content (AvgIpc) is 3.75. The number of nitrogens with zero attached hydrogens (tertiary/aromatic N) is 1. The lowest BCUT2D eigenvalue weighted by Crippen LogP contribution is -2.50. The molecule has 3 atom stereocenters. The molecule has 7 heteroatoms. The Balaban J connectivity index is 1.74. The van der Waals surface area contributed by atoms with Crippen molar-refractivity contribution >= 4 is 17.7 Å². The topological polar surface area (TPSA) is 105 Å². The predicted molar refractivity (Wildman–Crippen MR) is 157 cm³/mol. The number of amides is 3. The van der Waals surface area contributed by atoms with Crippen LogP contribution in [0.1, 0.15) is 84.7 Å². The third-order valence-electron chi connectivity index (χ3n) is 7.35. The van der Waals surface area contributed by atoms with Crippen LogP contribution in [0.25, 0.3) is 0 Å². The summed E-state index contributed by atoms with van der Waals surface area (Å²) >= 11 is 0. The van der Waals surface area contributed by atoms with Crippen molar-refractivity contribution in [2.45, 2.75) is 78.3 Å². The number of carbonyl (C=O) groups is 3. The SMILES string of the molecule is CCCN(CCC)C(=O)c1cccc(C(=O)N[C@@H](Cc2cccc(C)c2)[C@@H](N)C[C@@H](C)C(=O)NCC2CC2)c1. The molecular formula is C32H46N4O3. The van der Waals surface area contributed by atoms with Gasteiger partial charge in [-0.05, 0) is 75.1 Å². The highest BCUT2D eigenvalue weighted by Gasteiger charge is 2.27. The molecule has 3 rings (SSSR count). The largest absolute Gasteiger partial charge is 0.356 e. The lowest BCUT2D eigenvalue weighted by Gasteiger charge is -2.27. The normalized spacial score (nSPS) is 15.2. The van der Waals surface area contributed by atoms with Crippen LogP contribution in [-0.2, 0) is 11.2 Å². The van der Waals surface area contributed by atoms with Crippen LogP contribution < -0.4 is 16.4 Å². The first-order chi connectivity index (χ1) is 18.7. The number of hydrogen-bond acceptors (Lipinski definition) is 4. The lowest BCUT2D eigenvalue weighted by molar-refractivity contribution is -0.124. The first kappa shape index (κ1) is 30.4. The number of rotatable bonds is 15. The second-order valence-corrected chi connectivity index (χ2v) is 11.1. The van der Waals surface area contributed by atoms with Gasteiger partial charge in [0.1, 0.15) is 0 Å².